The van der Waals surface area contributed by atoms with Crippen LogP contribution in [0.4, 0.5) is 0 Å². The number of furan rings is 1. The Balaban J connectivity index is 1.63. The molecule has 5 nitrogen and oxygen atoms in total. The second-order valence-corrected chi connectivity index (χ2v) is 7.19. The lowest BCUT2D eigenvalue weighted by Gasteiger charge is -2.38. The number of ether oxygens (including phenoxy) is 2. The lowest BCUT2D eigenvalue weighted by molar-refractivity contribution is -0.0212. The largest absolute Gasteiger partial charge is 0.490 e. The average molecular weight is 395 g/mol. The molecule has 0 aliphatic carbocycles. The highest BCUT2D eigenvalue weighted by atomic mass is 35.5. The van der Waals surface area contributed by atoms with Crippen LogP contribution in [0.15, 0.2) is 70.4 Å². The standard InChI is InChI=1S/C22H19ClN2O3/c1-2-26-20-9-4-8-16-18-13-17(19-10-5-11-27-19)24-25(18)22(28-21(16)20)14-6-3-7-15(23)12-14/h3-12,18,22H,2,13H2,1H3/t18-,22+/m1/s1. The Kier molecular flexibility index (Phi) is 4.24. The van der Waals surface area contributed by atoms with Crippen molar-refractivity contribution in [3.8, 4) is 11.5 Å². The van der Waals surface area contributed by atoms with Crippen molar-refractivity contribution in [3.05, 3.63) is 82.8 Å². The van der Waals surface area contributed by atoms with E-state index < -0.39 is 6.23 Å². The minimum absolute atomic E-state index is 0.0354. The summed E-state index contributed by atoms with van der Waals surface area (Å²) < 4.78 is 17.9. The summed E-state index contributed by atoms with van der Waals surface area (Å²) in [6.45, 7) is 2.54. The molecule has 0 fully saturated rings. The maximum atomic E-state index is 6.44. The first-order valence-electron chi connectivity index (χ1n) is 9.32. The molecule has 3 aromatic rings. The van der Waals surface area contributed by atoms with Crippen LogP contribution < -0.4 is 9.47 Å². The third-order valence-electron chi connectivity index (χ3n) is 5.02. The van der Waals surface area contributed by atoms with Crippen molar-refractivity contribution in [1.29, 1.82) is 0 Å². The fourth-order valence-electron chi connectivity index (χ4n) is 3.82. The average Bonchev–Trinajstić information content (AvgIpc) is 3.38. The van der Waals surface area contributed by atoms with Gasteiger partial charge in [-0.05, 0) is 37.3 Å². The van der Waals surface area contributed by atoms with Crippen LogP contribution in [0.25, 0.3) is 0 Å². The van der Waals surface area contributed by atoms with Crippen molar-refractivity contribution in [2.24, 2.45) is 5.10 Å². The number of para-hydroxylation sites is 1. The first-order chi connectivity index (χ1) is 13.7. The molecular formula is C22H19ClN2O3. The molecule has 0 spiro atoms. The monoisotopic (exact) mass is 394 g/mol. The van der Waals surface area contributed by atoms with Crippen LogP contribution in [0, 0.1) is 0 Å². The van der Waals surface area contributed by atoms with Crippen molar-refractivity contribution in [1.82, 2.24) is 5.01 Å². The molecule has 0 unspecified atom stereocenters. The van der Waals surface area contributed by atoms with E-state index in [0.717, 1.165) is 40.5 Å². The zero-order valence-corrected chi connectivity index (χ0v) is 16.1. The van der Waals surface area contributed by atoms with Gasteiger partial charge in [0.2, 0.25) is 6.23 Å². The van der Waals surface area contributed by atoms with E-state index in [1.165, 1.54) is 0 Å². The van der Waals surface area contributed by atoms with E-state index in [4.69, 9.17) is 30.6 Å². The normalized spacial score (nSPS) is 20.2. The van der Waals surface area contributed by atoms with Crippen molar-refractivity contribution in [2.75, 3.05) is 6.61 Å². The van der Waals surface area contributed by atoms with Gasteiger partial charge in [-0.1, -0.05) is 35.9 Å². The SMILES string of the molecule is CCOc1cccc2c1O[C@@H](c1cccc(Cl)c1)N1N=C(c3ccco3)C[C@H]21. The number of rotatable bonds is 4. The van der Waals surface area contributed by atoms with Crippen LogP contribution in [-0.2, 0) is 0 Å². The van der Waals surface area contributed by atoms with Gasteiger partial charge in [0, 0.05) is 22.6 Å². The number of nitrogens with zero attached hydrogens (tertiary/aromatic N) is 2. The molecule has 28 heavy (non-hydrogen) atoms. The summed E-state index contributed by atoms with van der Waals surface area (Å²) in [5.74, 6) is 2.30. The maximum absolute atomic E-state index is 6.44. The van der Waals surface area contributed by atoms with Gasteiger partial charge in [-0.15, -0.1) is 0 Å². The third-order valence-corrected chi connectivity index (χ3v) is 5.25. The summed E-state index contributed by atoms with van der Waals surface area (Å²) >= 11 is 6.25. The molecule has 142 valence electrons. The predicted octanol–water partition coefficient (Wildman–Crippen LogP) is 5.57. The van der Waals surface area contributed by atoms with Crippen LogP contribution in [0.2, 0.25) is 5.02 Å². The Labute approximate surface area is 168 Å². The van der Waals surface area contributed by atoms with Gasteiger partial charge in [0.25, 0.3) is 0 Å². The summed E-state index contributed by atoms with van der Waals surface area (Å²) in [4.78, 5) is 0. The summed E-state index contributed by atoms with van der Waals surface area (Å²) in [5.41, 5.74) is 2.91. The molecule has 1 aromatic heterocycles. The molecule has 0 amide bonds. The van der Waals surface area contributed by atoms with Crippen LogP contribution in [0.3, 0.4) is 0 Å². The van der Waals surface area contributed by atoms with Gasteiger partial charge in [-0.2, -0.15) is 5.10 Å². The smallest absolute Gasteiger partial charge is 0.214 e. The molecule has 0 bridgehead atoms. The molecule has 2 aliphatic heterocycles. The summed E-state index contributed by atoms with van der Waals surface area (Å²) in [7, 11) is 0. The van der Waals surface area contributed by atoms with Crippen molar-refractivity contribution in [2.45, 2.75) is 25.6 Å². The van der Waals surface area contributed by atoms with E-state index in [2.05, 4.69) is 6.07 Å². The minimum atomic E-state index is -0.398. The van der Waals surface area contributed by atoms with Gasteiger partial charge >= 0.3 is 0 Å². The highest BCUT2D eigenvalue weighted by molar-refractivity contribution is 6.30. The van der Waals surface area contributed by atoms with Crippen molar-refractivity contribution in [3.63, 3.8) is 0 Å². The van der Waals surface area contributed by atoms with Crippen LogP contribution in [0.5, 0.6) is 11.5 Å². The zero-order chi connectivity index (χ0) is 19.1. The molecule has 5 rings (SSSR count). The molecule has 6 heteroatoms. The molecule has 2 aromatic carbocycles. The van der Waals surface area contributed by atoms with E-state index in [9.17, 15) is 0 Å². The summed E-state index contributed by atoms with van der Waals surface area (Å²) in [5, 5.41) is 7.53. The molecule has 0 radical (unpaired) electrons. The summed E-state index contributed by atoms with van der Waals surface area (Å²) in [6, 6.07) is 17.6. The van der Waals surface area contributed by atoms with E-state index in [1.807, 2.05) is 60.5 Å². The second kappa shape index (κ2) is 6.91. The van der Waals surface area contributed by atoms with Gasteiger partial charge in [0.1, 0.15) is 11.5 Å². The van der Waals surface area contributed by atoms with Gasteiger partial charge in [-0.25, -0.2) is 5.01 Å². The van der Waals surface area contributed by atoms with Crippen LogP contribution in [0.1, 0.15) is 42.5 Å². The lowest BCUT2D eigenvalue weighted by atomic mass is 9.97. The molecular weight excluding hydrogens is 376 g/mol. The van der Waals surface area contributed by atoms with Crippen LogP contribution >= 0.6 is 11.6 Å². The minimum Gasteiger partial charge on any atom is -0.490 e. The van der Waals surface area contributed by atoms with Crippen LogP contribution in [-0.4, -0.2) is 17.3 Å². The zero-order valence-electron chi connectivity index (χ0n) is 15.3. The second-order valence-electron chi connectivity index (χ2n) is 6.76. The summed E-state index contributed by atoms with van der Waals surface area (Å²) in [6.07, 6.45) is 2.00. The van der Waals surface area contributed by atoms with Crippen molar-refractivity contribution >= 4 is 17.3 Å². The Bertz CT molecular complexity index is 1030. The number of halogens is 1. The Morgan fingerprint density at radius 1 is 1.18 bits per heavy atom. The number of hydrogen-bond acceptors (Lipinski definition) is 5. The van der Waals surface area contributed by atoms with E-state index in [0.29, 0.717) is 11.6 Å². The molecule has 2 aliphatic rings. The molecule has 3 heterocycles. The number of fused-ring (bicyclic) bond motifs is 3. The molecule has 0 saturated carbocycles. The van der Waals surface area contributed by atoms with Gasteiger partial charge in [-0.3, -0.25) is 0 Å². The lowest BCUT2D eigenvalue weighted by Crippen LogP contribution is -2.33. The quantitative estimate of drug-likeness (QED) is 0.580. The predicted molar refractivity (Wildman–Crippen MR) is 107 cm³/mol. The topological polar surface area (TPSA) is 47.2 Å². The Morgan fingerprint density at radius 2 is 2.07 bits per heavy atom. The van der Waals surface area contributed by atoms with E-state index in [-0.39, 0.29) is 6.04 Å². The highest BCUT2D eigenvalue weighted by Gasteiger charge is 2.42. The first kappa shape index (κ1) is 17.2. The Hall–Kier alpha value is -2.92. The Morgan fingerprint density at radius 3 is 2.86 bits per heavy atom. The number of benzene rings is 2. The van der Waals surface area contributed by atoms with E-state index in [1.54, 1.807) is 6.26 Å². The first-order valence-corrected chi connectivity index (χ1v) is 9.70. The third kappa shape index (κ3) is 2.83. The maximum Gasteiger partial charge on any atom is 0.214 e. The van der Waals surface area contributed by atoms with Gasteiger partial charge < -0.3 is 13.9 Å². The fourth-order valence-corrected chi connectivity index (χ4v) is 4.02. The fraction of sp³-hybridized carbons (Fsp3) is 0.227. The van der Waals surface area contributed by atoms with Gasteiger partial charge in [0.05, 0.1) is 18.9 Å². The van der Waals surface area contributed by atoms with E-state index >= 15 is 0 Å². The number of hydrogen-bond donors (Lipinski definition) is 0. The molecule has 2 atom stereocenters. The highest BCUT2D eigenvalue weighted by Crippen LogP contribution is 2.50. The van der Waals surface area contributed by atoms with Crippen molar-refractivity contribution < 1.29 is 13.9 Å². The molecule has 0 saturated heterocycles. The van der Waals surface area contributed by atoms with Gasteiger partial charge in [0.15, 0.2) is 11.5 Å². The number of hydrazone groups is 1. The molecule has 0 N–H and O–H groups in total.